The summed E-state index contributed by atoms with van der Waals surface area (Å²) in [4.78, 5) is 26.4. The summed E-state index contributed by atoms with van der Waals surface area (Å²) >= 11 is 6.36. The smallest absolute Gasteiger partial charge is 0.248 e. The Labute approximate surface area is 183 Å². The van der Waals surface area contributed by atoms with E-state index in [1.807, 2.05) is 38.4 Å². The molecule has 6 heteroatoms. The third-order valence-electron chi connectivity index (χ3n) is 6.70. The normalized spacial score (nSPS) is 23.8. The average molecular weight is 428 g/mol. The molecule has 0 radical (unpaired) electrons. The van der Waals surface area contributed by atoms with Crippen LogP contribution >= 0.6 is 11.6 Å². The number of nitrogens with one attached hydrogen (secondary N) is 1. The van der Waals surface area contributed by atoms with Crippen molar-refractivity contribution in [3.8, 4) is 0 Å². The van der Waals surface area contributed by atoms with E-state index in [0.717, 1.165) is 5.56 Å². The van der Waals surface area contributed by atoms with Crippen LogP contribution in [0.1, 0.15) is 35.3 Å². The lowest BCUT2D eigenvalue weighted by Gasteiger charge is -2.25. The second kappa shape index (κ2) is 8.78. The van der Waals surface area contributed by atoms with Crippen molar-refractivity contribution in [2.45, 2.75) is 31.7 Å². The molecule has 4 atom stereocenters. The second-order valence-corrected chi connectivity index (χ2v) is 9.06. The summed E-state index contributed by atoms with van der Waals surface area (Å²) < 4.78 is 0. The molecule has 3 rings (SSSR count). The zero-order valence-electron chi connectivity index (χ0n) is 18.0. The Morgan fingerprint density at radius 3 is 2.43 bits per heavy atom. The first-order valence-electron chi connectivity index (χ1n) is 10.2. The monoisotopic (exact) mass is 427 g/mol. The fourth-order valence-electron chi connectivity index (χ4n) is 4.35. The zero-order chi connectivity index (χ0) is 22.1. The third-order valence-corrected chi connectivity index (χ3v) is 7.05. The van der Waals surface area contributed by atoms with Gasteiger partial charge in [0.05, 0.1) is 5.92 Å². The molecule has 0 heterocycles. The summed E-state index contributed by atoms with van der Waals surface area (Å²) in [5, 5.41) is 3.66. The molecule has 2 aromatic rings. The SMILES string of the molecule is CC1C(C(=O)NC[C@H](Cc2ccc(C(N)=O)cc2Cl)N(C)C)[C@]1(C)c1ccccc1. The molecule has 1 aliphatic carbocycles. The maximum Gasteiger partial charge on any atom is 0.248 e. The van der Waals surface area contributed by atoms with Gasteiger partial charge in [-0.3, -0.25) is 9.59 Å². The van der Waals surface area contributed by atoms with Gasteiger partial charge in [0.1, 0.15) is 0 Å². The highest BCUT2D eigenvalue weighted by atomic mass is 35.5. The number of hydrogen-bond donors (Lipinski definition) is 2. The minimum atomic E-state index is -0.500. The molecular formula is C24H30ClN3O2. The van der Waals surface area contributed by atoms with Crippen LogP contribution in [0.2, 0.25) is 5.02 Å². The van der Waals surface area contributed by atoms with E-state index in [2.05, 4.69) is 36.2 Å². The number of benzene rings is 2. The summed E-state index contributed by atoms with van der Waals surface area (Å²) in [5.74, 6) is -0.134. The molecule has 5 nitrogen and oxygen atoms in total. The fourth-order valence-corrected chi connectivity index (χ4v) is 4.61. The van der Waals surface area contributed by atoms with Crippen molar-refractivity contribution in [3.05, 3.63) is 70.2 Å². The molecule has 0 bridgehead atoms. The molecule has 2 unspecified atom stereocenters. The Morgan fingerprint density at radius 1 is 1.20 bits per heavy atom. The highest BCUT2D eigenvalue weighted by Crippen LogP contribution is 2.59. The molecule has 160 valence electrons. The van der Waals surface area contributed by atoms with Gasteiger partial charge in [0.2, 0.25) is 11.8 Å². The highest BCUT2D eigenvalue weighted by Gasteiger charge is 2.62. The molecule has 1 saturated carbocycles. The summed E-state index contributed by atoms with van der Waals surface area (Å²) in [6.07, 6.45) is 0.654. The van der Waals surface area contributed by atoms with Crippen LogP contribution in [0.25, 0.3) is 0 Å². The van der Waals surface area contributed by atoms with Crippen LogP contribution in [-0.4, -0.2) is 43.4 Å². The maximum atomic E-state index is 13.0. The first-order valence-corrected chi connectivity index (χ1v) is 10.6. The van der Waals surface area contributed by atoms with Crippen molar-refractivity contribution < 1.29 is 9.59 Å². The number of carbonyl (C=O) groups excluding carboxylic acids is 2. The maximum absolute atomic E-state index is 13.0. The number of rotatable bonds is 8. The van der Waals surface area contributed by atoms with Crippen LogP contribution in [0.5, 0.6) is 0 Å². The van der Waals surface area contributed by atoms with E-state index >= 15 is 0 Å². The van der Waals surface area contributed by atoms with Crippen molar-refractivity contribution in [1.82, 2.24) is 10.2 Å². The molecule has 30 heavy (non-hydrogen) atoms. The number of carbonyl (C=O) groups is 2. The summed E-state index contributed by atoms with van der Waals surface area (Å²) in [7, 11) is 3.96. The molecule has 1 fully saturated rings. The molecule has 0 aromatic heterocycles. The second-order valence-electron chi connectivity index (χ2n) is 8.65. The minimum absolute atomic E-state index is 0.0267. The number of amides is 2. The fraction of sp³-hybridized carbons (Fsp3) is 0.417. The van der Waals surface area contributed by atoms with E-state index < -0.39 is 5.91 Å². The van der Waals surface area contributed by atoms with Crippen LogP contribution < -0.4 is 11.1 Å². The predicted molar refractivity (Wildman–Crippen MR) is 121 cm³/mol. The Morgan fingerprint density at radius 2 is 1.87 bits per heavy atom. The van der Waals surface area contributed by atoms with Gasteiger partial charge in [-0.2, -0.15) is 0 Å². The van der Waals surface area contributed by atoms with Crippen molar-refractivity contribution in [2.24, 2.45) is 17.6 Å². The van der Waals surface area contributed by atoms with Crippen molar-refractivity contribution in [3.63, 3.8) is 0 Å². The Bertz CT molecular complexity index is 931. The van der Waals surface area contributed by atoms with Crippen molar-refractivity contribution in [1.29, 1.82) is 0 Å². The lowest BCUT2D eigenvalue weighted by Crippen LogP contribution is -2.42. The molecule has 2 amide bonds. The lowest BCUT2D eigenvalue weighted by molar-refractivity contribution is -0.123. The van der Waals surface area contributed by atoms with E-state index in [0.29, 0.717) is 29.5 Å². The number of likely N-dealkylation sites (N-methyl/N-ethyl adjacent to an activating group) is 1. The number of nitrogens with zero attached hydrogens (tertiary/aromatic N) is 1. The van der Waals surface area contributed by atoms with E-state index in [-0.39, 0.29) is 23.3 Å². The molecule has 0 aliphatic heterocycles. The Hall–Kier alpha value is -2.37. The number of nitrogens with two attached hydrogens (primary N) is 1. The van der Waals surface area contributed by atoms with E-state index in [4.69, 9.17) is 17.3 Å². The Kier molecular flexibility index (Phi) is 6.53. The molecule has 0 saturated heterocycles. The van der Waals surface area contributed by atoms with Gasteiger partial charge in [-0.15, -0.1) is 0 Å². The van der Waals surface area contributed by atoms with Gasteiger partial charge in [0.25, 0.3) is 0 Å². The largest absolute Gasteiger partial charge is 0.366 e. The molecule has 2 aromatic carbocycles. The quantitative estimate of drug-likeness (QED) is 0.679. The van der Waals surface area contributed by atoms with E-state index in [9.17, 15) is 9.59 Å². The molecule has 0 spiro atoms. The number of primary amides is 1. The van der Waals surface area contributed by atoms with Gasteiger partial charge in [-0.25, -0.2) is 0 Å². The standard InChI is InChI=1S/C24H30ClN3O2/c1-15-21(24(15,2)18-8-6-5-7-9-18)23(30)27-14-19(28(3)4)12-16-10-11-17(22(26)29)13-20(16)25/h5-11,13,15,19,21H,12,14H2,1-4H3,(H2,26,29)(H,27,30)/t15?,19-,21?,24-/m0/s1. The van der Waals surface area contributed by atoms with Gasteiger partial charge in [-0.05, 0) is 49.7 Å². The summed E-state index contributed by atoms with van der Waals surface area (Å²) in [5.41, 5.74) is 7.72. The first-order chi connectivity index (χ1) is 14.2. The van der Waals surface area contributed by atoms with Crippen LogP contribution in [-0.2, 0) is 16.6 Å². The van der Waals surface area contributed by atoms with Gasteiger partial charge < -0.3 is 16.0 Å². The van der Waals surface area contributed by atoms with Crippen LogP contribution in [0.3, 0.4) is 0 Å². The van der Waals surface area contributed by atoms with E-state index in [1.165, 1.54) is 5.56 Å². The van der Waals surface area contributed by atoms with Crippen LogP contribution in [0, 0.1) is 11.8 Å². The number of hydrogen-bond acceptors (Lipinski definition) is 3. The van der Waals surface area contributed by atoms with Gasteiger partial charge in [-0.1, -0.05) is 61.8 Å². The zero-order valence-corrected chi connectivity index (χ0v) is 18.7. The van der Waals surface area contributed by atoms with Gasteiger partial charge >= 0.3 is 0 Å². The summed E-state index contributed by atoms with van der Waals surface area (Å²) in [6.45, 7) is 4.83. The van der Waals surface area contributed by atoms with Crippen molar-refractivity contribution in [2.75, 3.05) is 20.6 Å². The molecule has 3 N–H and O–H groups in total. The van der Waals surface area contributed by atoms with Crippen molar-refractivity contribution >= 4 is 23.4 Å². The van der Waals surface area contributed by atoms with Gasteiger partial charge in [0, 0.05) is 28.6 Å². The lowest BCUT2D eigenvalue weighted by atomic mass is 9.94. The van der Waals surface area contributed by atoms with E-state index in [1.54, 1.807) is 12.1 Å². The van der Waals surface area contributed by atoms with Gasteiger partial charge in [0.15, 0.2) is 0 Å². The molecular weight excluding hydrogens is 398 g/mol. The first kappa shape index (κ1) is 22.3. The van der Waals surface area contributed by atoms with Crippen LogP contribution in [0.15, 0.2) is 48.5 Å². The summed E-state index contributed by atoms with van der Waals surface area (Å²) in [6, 6.07) is 15.4. The van der Waals surface area contributed by atoms with Crippen LogP contribution in [0.4, 0.5) is 0 Å². The number of halogens is 1. The topological polar surface area (TPSA) is 75.4 Å². The minimum Gasteiger partial charge on any atom is -0.366 e. The molecule has 1 aliphatic rings. The third kappa shape index (κ3) is 4.37. The average Bonchev–Trinajstić information content (AvgIpc) is 3.28. The predicted octanol–water partition coefficient (Wildman–Crippen LogP) is 3.25. The Balaban J connectivity index is 1.64. The highest BCUT2D eigenvalue weighted by molar-refractivity contribution is 6.31.